The number of benzene rings is 13. The molecule has 0 spiro atoms. The first kappa shape index (κ1) is 47.9. The van der Waals surface area contributed by atoms with Crippen LogP contribution in [0.15, 0.2) is 282 Å². The van der Waals surface area contributed by atoms with E-state index in [1.54, 1.807) is 0 Å². The molecule has 0 radical (unpaired) electrons. The molecule has 7 aromatic heterocycles. The van der Waals surface area contributed by atoms with Crippen LogP contribution in [0, 0.1) is 0 Å². The molecule has 0 saturated carbocycles. The summed E-state index contributed by atoms with van der Waals surface area (Å²) in [7, 11) is 0. The normalized spacial score (nSPS) is 12.3. The smallest absolute Gasteiger partial charge is 0.135 e. The fourth-order valence-corrected chi connectivity index (χ4v) is 15.0. The van der Waals surface area contributed by atoms with Crippen molar-refractivity contribution in [1.82, 2.24) is 22.8 Å². The summed E-state index contributed by atoms with van der Waals surface area (Å²) in [5.74, 6) is 0. The third-order valence-corrected chi connectivity index (χ3v) is 18.4. The SMILES string of the molecule is CC.c1ccc(-n2c3c(ccc4c3c3ccccc3n4-c3ccc4oc5ccc(-n6c7ccccc7c7ccccc76)cc5c4c3)c3ccc4c(c5ccccc5n4-c4ccc5oc6ccc(-n7c8ccccc8c8ccccc87)cc6c5c4)c32)cc1. The minimum Gasteiger partial charge on any atom is -0.456 e. The lowest BCUT2D eigenvalue weighted by molar-refractivity contribution is 0.668. The largest absolute Gasteiger partial charge is 0.456 e. The highest BCUT2D eigenvalue weighted by molar-refractivity contribution is 6.32. The van der Waals surface area contributed by atoms with Gasteiger partial charge >= 0.3 is 0 Å². The van der Waals surface area contributed by atoms with Crippen LogP contribution in [0.3, 0.4) is 0 Å². The van der Waals surface area contributed by atoms with Gasteiger partial charge in [-0.2, -0.15) is 0 Å². The third-order valence-electron chi connectivity index (χ3n) is 18.4. The lowest BCUT2D eigenvalue weighted by Gasteiger charge is -2.11. The van der Waals surface area contributed by atoms with Gasteiger partial charge < -0.3 is 31.7 Å². The number of fused-ring (bicyclic) bond motifs is 23. The Kier molecular flexibility index (Phi) is 9.90. The molecular weight excluding hydrogens is 1060 g/mol. The average molecular weight is 1110 g/mol. The van der Waals surface area contributed by atoms with Gasteiger partial charge in [-0.3, -0.25) is 0 Å². The van der Waals surface area contributed by atoms with Crippen LogP contribution < -0.4 is 0 Å². The predicted octanol–water partition coefficient (Wildman–Crippen LogP) is 22.0. The number of hydrogen-bond donors (Lipinski definition) is 0. The van der Waals surface area contributed by atoms with Crippen LogP contribution in [0.5, 0.6) is 0 Å². The minimum atomic E-state index is 0.858. The van der Waals surface area contributed by atoms with Crippen molar-refractivity contribution in [2.24, 2.45) is 0 Å². The van der Waals surface area contributed by atoms with Gasteiger partial charge in [0, 0.05) is 104 Å². The van der Waals surface area contributed by atoms with E-state index in [2.05, 4.69) is 296 Å². The molecule has 7 heteroatoms. The summed E-state index contributed by atoms with van der Waals surface area (Å²) in [6, 6.07) is 99.6. The lowest BCUT2D eigenvalue weighted by atomic mass is 10.1. The summed E-state index contributed by atoms with van der Waals surface area (Å²) in [6.45, 7) is 4.00. The van der Waals surface area contributed by atoms with Gasteiger partial charge in [-0.25, -0.2) is 0 Å². The molecule has 7 heterocycles. The van der Waals surface area contributed by atoms with E-state index in [1.165, 1.54) is 87.0 Å². The zero-order valence-corrected chi connectivity index (χ0v) is 47.5. The Hall–Kier alpha value is -11.5. The van der Waals surface area contributed by atoms with Crippen molar-refractivity contribution in [1.29, 1.82) is 0 Å². The van der Waals surface area contributed by atoms with E-state index >= 15 is 0 Å². The van der Waals surface area contributed by atoms with Gasteiger partial charge in [0.15, 0.2) is 0 Å². The highest BCUT2D eigenvalue weighted by atomic mass is 16.3. The maximum Gasteiger partial charge on any atom is 0.135 e. The van der Waals surface area contributed by atoms with Gasteiger partial charge in [-0.1, -0.05) is 153 Å². The van der Waals surface area contributed by atoms with Gasteiger partial charge in [0.2, 0.25) is 0 Å². The van der Waals surface area contributed by atoms with E-state index in [1.807, 2.05) is 13.8 Å². The second-order valence-electron chi connectivity index (χ2n) is 22.8. The van der Waals surface area contributed by atoms with Gasteiger partial charge in [-0.15, -0.1) is 0 Å². The number of rotatable bonds is 5. The van der Waals surface area contributed by atoms with Crippen molar-refractivity contribution >= 4 is 153 Å². The van der Waals surface area contributed by atoms with Crippen molar-refractivity contribution in [3.63, 3.8) is 0 Å². The van der Waals surface area contributed by atoms with Crippen LogP contribution in [-0.2, 0) is 0 Å². The Labute approximate surface area is 497 Å². The second-order valence-corrected chi connectivity index (χ2v) is 22.8. The molecule has 0 aliphatic rings. The molecule has 0 aliphatic carbocycles. The van der Waals surface area contributed by atoms with Crippen LogP contribution >= 0.6 is 0 Å². The van der Waals surface area contributed by atoms with Gasteiger partial charge in [0.05, 0.1) is 55.2 Å². The van der Waals surface area contributed by atoms with Gasteiger partial charge in [-0.05, 0) is 133 Å². The third kappa shape index (κ3) is 6.54. The second kappa shape index (κ2) is 18.0. The summed E-state index contributed by atoms with van der Waals surface area (Å²) in [5.41, 5.74) is 20.5. The van der Waals surface area contributed by atoms with Crippen molar-refractivity contribution in [3.05, 3.63) is 273 Å². The van der Waals surface area contributed by atoms with E-state index in [0.717, 1.165) is 94.4 Å². The number of furan rings is 2. The lowest BCUT2D eigenvalue weighted by Crippen LogP contribution is -1.96. The molecule has 0 atom stereocenters. The minimum absolute atomic E-state index is 0.858. The topological polar surface area (TPSA) is 50.9 Å². The molecule has 0 bridgehead atoms. The highest BCUT2D eigenvalue weighted by Gasteiger charge is 2.26. The van der Waals surface area contributed by atoms with E-state index in [9.17, 15) is 0 Å². The molecule has 13 aromatic carbocycles. The summed E-state index contributed by atoms with van der Waals surface area (Å²) >= 11 is 0. The molecule has 7 nitrogen and oxygen atoms in total. The molecule has 0 amide bonds. The quantitative estimate of drug-likeness (QED) is 0.172. The Morgan fingerprint density at radius 1 is 0.195 bits per heavy atom. The Balaban J connectivity index is 0.00000273. The monoisotopic (exact) mass is 1110 g/mol. The van der Waals surface area contributed by atoms with E-state index < -0.39 is 0 Å². The molecule has 20 aromatic rings. The Bertz CT molecular complexity index is 5820. The molecular formula is C80H51N5O2. The van der Waals surface area contributed by atoms with Crippen molar-refractivity contribution < 1.29 is 8.83 Å². The van der Waals surface area contributed by atoms with Crippen LogP contribution in [0.1, 0.15) is 13.8 Å². The summed E-state index contributed by atoms with van der Waals surface area (Å²) in [4.78, 5) is 0. The van der Waals surface area contributed by atoms with Crippen molar-refractivity contribution in [2.75, 3.05) is 0 Å². The zero-order chi connectivity index (χ0) is 57.2. The first-order chi connectivity index (χ1) is 43.2. The van der Waals surface area contributed by atoms with Crippen LogP contribution in [0.25, 0.3) is 181 Å². The van der Waals surface area contributed by atoms with Crippen LogP contribution in [0.2, 0.25) is 0 Å². The predicted molar refractivity (Wildman–Crippen MR) is 364 cm³/mol. The standard InChI is InChI=1S/C78H45N5O2.C2H6/c1-2-16-46(17-3-1)83-77-55(34-36-69-75(77)57-22-8-14-28-67(57)81(69)49-32-40-73-61(44-49)59-42-47(30-38-71(59)84-73)79-63-24-10-4-18-51(63)52-19-5-11-25-64(52)79)56-35-37-70-76(78(56)83)58-23-9-15-29-68(58)82(70)50-33-41-74-62(45-50)60-43-48(31-39-72(60)85-74)80-65-26-12-6-20-53(65)54-21-7-13-27-66(54)80;1-2/h1-45H;1-2H3. The number of aromatic nitrogens is 5. The summed E-state index contributed by atoms with van der Waals surface area (Å²) < 4.78 is 25.5. The van der Waals surface area contributed by atoms with E-state index in [4.69, 9.17) is 8.83 Å². The Morgan fingerprint density at radius 3 is 0.805 bits per heavy atom. The maximum atomic E-state index is 6.64. The van der Waals surface area contributed by atoms with E-state index in [-0.39, 0.29) is 0 Å². The molecule has 0 aliphatic heterocycles. The van der Waals surface area contributed by atoms with E-state index in [0.29, 0.717) is 0 Å². The van der Waals surface area contributed by atoms with Crippen molar-refractivity contribution in [2.45, 2.75) is 13.8 Å². The molecule has 0 N–H and O–H groups in total. The number of nitrogens with zero attached hydrogens (tertiary/aromatic N) is 5. The van der Waals surface area contributed by atoms with Gasteiger partial charge in [0.25, 0.3) is 0 Å². The number of para-hydroxylation sites is 7. The molecule has 87 heavy (non-hydrogen) atoms. The molecule has 20 rings (SSSR count). The first-order valence-corrected chi connectivity index (χ1v) is 30.1. The fraction of sp³-hybridized carbons (Fsp3) is 0.0250. The number of hydrogen-bond acceptors (Lipinski definition) is 2. The molecule has 0 fully saturated rings. The first-order valence-electron chi connectivity index (χ1n) is 30.1. The highest BCUT2D eigenvalue weighted by Crippen LogP contribution is 2.48. The summed E-state index contributed by atoms with van der Waals surface area (Å²) in [5, 5.41) is 16.4. The molecule has 0 saturated heterocycles. The van der Waals surface area contributed by atoms with Crippen LogP contribution in [-0.4, -0.2) is 22.8 Å². The molecule has 0 unspecified atom stereocenters. The fourth-order valence-electron chi connectivity index (χ4n) is 15.0. The average Bonchev–Trinajstić information content (AvgIpc) is 1.63. The van der Waals surface area contributed by atoms with Crippen LogP contribution in [0.4, 0.5) is 0 Å². The maximum absolute atomic E-state index is 6.64. The van der Waals surface area contributed by atoms with Crippen molar-refractivity contribution in [3.8, 4) is 28.4 Å². The molecule has 408 valence electrons. The summed E-state index contributed by atoms with van der Waals surface area (Å²) in [6.07, 6.45) is 0. The Morgan fingerprint density at radius 2 is 0.471 bits per heavy atom. The zero-order valence-electron chi connectivity index (χ0n) is 47.5. The van der Waals surface area contributed by atoms with Gasteiger partial charge in [0.1, 0.15) is 22.3 Å².